The van der Waals surface area contributed by atoms with E-state index in [0.29, 0.717) is 17.6 Å². The highest BCUT2D eigenvalue weighted by atomic mass is 16.3. The van der Waals surface area contributed by atoms with Crippen molar-refractivity contribution in [2.24, 2.45) is 0 Å². The molecule has 1 N–H and O–H groups in total. The van der Waals surface area contributed by atoms with Crippen molar-refractivity contribution in [3.63, 3.8) is 0 Å². The van der Waals surface area contributed by atoms with E-state index in [9.17, 15) is 5.11 Å². The monoisotopic (exact) mass is 263 g/mol. The molecule has 0 saturated heterocycles. The fourth-order valence-corrected chi connectivity index (χ4v) is 2.42. The summed E-state index contributed by atoms with van der Waals surface area (Å²) in [5.74, 6) is 1.21. The Morgan fingerprint density at radius 2 is 1.37 bits per heavy atom. The van der Waals surface area contributed by atoms with Crippen molar-refractivity contribution in [1.29, 1.82) is 0 Å². The minimum absolute atomic E-state index is 0.356. The maximum absolute atomic E-state index is 10.4. The standard InChI is InChI=1S/C17H29NO/c1-7-18(8-2)11-14-9-15(12(3)4)17(19)16(10-14)13(5)6/h9-10,12-13,19H,7-8,11H2,1-6H3. The van der Waals surface area contributed by atoms with Crippen molar-refractivity contribution in [1.82, 2.24) is 4.90 Å². The summed E-state index contributed by atoms with van der Waals surface area (Å²) < 4.78 is 0. The van der Waals surface area contributed by atoms with Gasteiger partial charge in [0.15, 0.2) is 0 Å². The first kappa shape index (κ1) is 16.0. The van der Waals surface area contributed by atoms with Gasteiger partial charge in [-0.3, -0.25) is 4.90 Å². The SMILES string of the molecule is CCN(CC)Cc1cc(C(C)C)c(O)c(C(C)C)c1. The second kappa shape index (κ2) is 6.95. The molecule has 0 spiro atoms. The van der Waals surface area contributed by atoms with Gasteiger partial charge < -0.3 is 5.11 Å². The summed E-state index contributed by atoms with van der Waals surface area (Å²) in [5, 5.41) is 10.4. The predicted octanol–water partition coefficient (Wildman–Crippen LogP) is 4.48. The van der Waals surface area contributed by atoms with E-state index in [2.05, 4.69) is 58.6 Å². The normalized spacial score (nSPS) is 11.8. The Kier molecular flexibility index (Phi) is 5.86. The van der Waals surface area contributed by atoms with Gasteiger partial charge in [0.05, 0.1) is 0 Å². The number of nitrogens with zero attached hydrogens (tertiary/aromatic N) is 1. The molecule has 0 heterocycles. The first-order chi connectivity index (χ1) is 8.90. The van der Waals surface area contributed by atoms with Gasteiger partial charge >= 0.3 is 0 Å². The fourth-order valence-electron chi connectivity index (χ4n) is 2.42. The number of benzene rings is 1. The van der Waals surface area contributed by atoms with E-state index in [1.807, 2.05) is 0 Å². The summed E-state index contributed by atoms with van der Waals surface area (Å²) in [5.41, 5.74) is 3.47. The van der Waals surface area contributed by atoms with Crippen LogP contribution in [0.3, 0.4) is 0 Å². The molecule has 1 rings (SSSR count). The largest absolute Gasteiger partial charge is 0.507 e. The topological polar surface area (TPSA) is 23.5 Å². The van der Waals surface area contributed by atoms with Crippen LogP contribution in [0.25, 0.3) is 0 Å². The summed E-state index contributed by atoms with van der Waals surface area (Å²) in [6.07, 6.45) is 0. The molecular formula is C17H29NO. The zero-order valence-corrected chi connectivity index (χ0v) is 13.3. The van der Waals surface area contributed by atoms with Crippen molar-refractivity contribution in [2.75, 3.05) is 13.1 Å². The molecule has 0 fully saturated rings. The average Bonchev–Trinajstić information content (AvgIpc) is 2.36. The molecule has 108 valence electrons. The summed E-state index contributed by atoms with van der Waals surface area (Å²) in [4.78, 5) is 2.40. The van der Waals surface area contributed by atoms with Crippen molar-refractivity contribution in [3.05, 3.63) is 28.8 Å². The molecule has 0 aliphatic heterocycles. The van der Waals surface area contributed by atoms with Crippen LogP contribution in [0.2, 0.25) is 0 Å². The van der Waals surface area contributed by atoms with Crippen molar-refractivity contribution >= 4 is 0 Å². The Morgan fingerprint density at radius 3 is 1.68 bits per heavy atom. The molecule has 0 aliphatic rings. The highest BCUT2D eigenvalue weighted by Crippen LogP contribution is 2.35. The Labute approximate surface area is 118 Å². The summed E-state index contributed by atoms with van der Waals surface area (Å²) in [6.45, 7) is 16.0. The van der Waals surface area contributed by atoms with Gasteiger partial charge in [0, 0.05) is 6.54 Å². The van der Waals surface area contributed by atoms with Crippen LogP contribution in [0.4, 0.5) is 0 Å². The van der Waals surface area contributed by atoms with Crippen molar-refractivity contribution in [2.45, 2.75) is 59.9 Å². The van der Waals surface area contributed by atoms with Crippen LogP contribution >= 0.6 is 0 Å². The van der Waals surface area contributed by atoms with Crippen LogP contribution in [-0.4, -0.2) is 23.1 Å². The van der Waals surface area contributed by atoms with E-state index in [4.69, 9.17) is 0 Å². The molecule has 0 aliphatic carbocycles. The van der Waals surface area contributed by atoms with E-state index in [1.165, 1.54) is 5.56 Å². The molecule has 0 atom stereocenters. The van der Waals surface area contributed by atoms with Crippen LogP contribution < -0.4 is 0 Å². The second-order valence-corrected chi connectivity index (χ2v) is 5.89. The van der Waals surface area contributed by atoms with Gasteiger partial charge in [-0.1, -0.05) is 53.7 Å². The zero-order chi connectivity index (χ0) is 14.6. The third kappa shape index (κ3) is 3.97. The Balaban J connectivity index is 3.18. The van der Waals surface area contributed by atoms with Crippen LogP contribution in [0.5, 0.6) is 5.75 Å². The molecule has 0 unspecified atom stereocenters. The lowest BCUT2D eigenvalue weighted by Gasteiger charge is -2.22. The quantitative estimate of drug-likeness (QED) is 0.818. The Hall–Kier alpha value is -1.02. The number of hydrogen-bond donors (Lipinski definition) is 1. The number of phenolic OH excluding ortho intramolecular Hbond substituents is 1. The van der Waals surface area contributed by atoms with Crippen LogP contribution in [-0.2, 0) is 6.54 Å². The number of aromatic hydroxyl groups is 1. The molecule has 0 saturated carbocycles. The smallest absolute Gasteiger partial charge is 0.122 e. The highest BCUT2D eigenvalue weighted by molar-refractivity contribution is 5.46. The number of phenols is 1. The highest BCUT2D eigenvalue weighted by Gasteiger charge is 2.15. The Morgan fingerprint density at radius 1 is 0.947 bits per heavy atom. The summed E-state index contributed by atoms with van der Waals surface area (Å²) in [6, 6.07) is 4.34. The van der Waals surface area contributed by atoms with Crippen LogP contribution in [0, 0.1) is 0 Å². The van der Waals surface area contributed by atoms with Crippen molar-refractivity contribution in [3.8, 4) is 5.75 Å². The first-order valence-corrected chi connectivity index (χ1v) is 7.48. The number of hydrogen-bond acceptors (Lipinski definition) is 2. The van der Waals surface area contributed by atoms with Crippen molar-refractivity contribution < 1.29 is 5.11 Å². The van der Waals surface area contributed by atoms with Crippen LogP contribution in [0.15, 0.2) is 12.1 Å². The van der Waals surface area contributed by atoms with Gasteiger partial charge in [0.1, 0.15) is 5.75 Å². The van der Waals surface area contributed by atoms with Gasteiger partial charge in [-0.25, -0.2) is 0 Å². The van der Waals surface area contributed by atoms with Gasteiger partial charge in [0.25, 0.3) is 0 Å². The molecule has 1 aromatic rings. The first-order valence-electron chi connectivity index (χ1n) is 7.48. The molecule has 0 aromatic heterocycles. The van der Waals surface area contributed by atoms with E-state index < -0.39 is 0 Å². The molecular weight excluding hydrogens is 234 g/mol. The molecule has 2 nitrogen and oxygen atoms in total. The molecule has 19 heavy (non-hydrogen) atoms. The maximum Gasteiger partial charge on any atom is 0.122 e. The lowest BCUT2D eigenvalue weighted by atomic mass is 9.91. The third-order valence-electron chi connectivity index (χ3n) is 3.77. The average molecular weight is 263 g/mol. The Bertz CT molecular complexity index is 377. The van der Waals surface area contributed by atoms with Gasteiger partial charge in [0.2, 0.25) is 0 Å². The van der Waals surface area contributed by atoms with E-state index in [0.717, 1.165) is 30.8 Å². The van der Waals surface area contributed by atoms with E-state index >= 15 is 0 Å². The van der Waals surface area contributed by atoms with Crippen LogP contribution in [0.1, 0.15) is 70.1 Å². The predicted molar refractivity (Wildman–Crippen MR) is 82.9 cm³/mol. The fraction of sp³-hybridized carbons (Fsp3) is 0.647. The molecule has 2 heteroatoms. The lowest BCUT2D eigenvalue weighted by Crippen LogP contribution is -2.22. The van der Waals surface area contributed by atoms with Gasteiger partial charge in [-0.05, 0) is 41.6 Å². The summed E-state index contributed by atoms with van der Waals surface area (Å²) in [7, 11) is 0. The molecule has 0 amide bonds. The minimum Gasteiger partial charge on any atom is -0.507 e. The summed E-state index contributed by atoms with van der Waals surface area (Å²) >= 11 is 0. The third-order valence-corrected chi connectivity index (χ3v) is 3.77. The molecule has 1 aromatic carbocycles. The zero-order valence-electron chi connectivity index (χ0n) is 13.3. The molecule has 0 bridgehead atoms. The van der Waals surface area contributed by atoms with E-state index in [-0.39, 0.29) is 0 Å². The molecule has 0 radical (unpaired) electrons. The lowest BCUT2D eigenvalue weighted by molar-refractivity contribution is 0.295. The second-order valence-electron chi connectivity index (χ2n) is 5.89. The van der Waals surface area contributed by atoms with Gasteiger partial charge in [-0.2, -0.15) is 0 Å². The van der Waals surface area contributed by atoms with E-state index in [1.54, 1.807) is 0 Å². The number of rotatable bonds is 6. The maximum atomic E-state index is 10.4. The van der Waals surface area contributed by atoms with Gasteiger partial charge in [-0.15, -0.1) is 0 Å². The minimum atomic E-state index is 0.356.